The summed E-state index contributed by atoms with van der Waals surface area (Å²) in [4.78, 5) is 6.66. The fraction of sp³-hybridized carbons (Fsp3) is 0.714. The topological polar surface area (TPSA) is 32.5 Å². The van der Waals surface area contributed by atoms with Crippen molar-refractivity contribution < 1.29 is 0 Å². The predicted octanol–water partition coefficient (Wildman–Crippen LogP) is 2.68. The van der Waals surface area contributed by atoms with Gasteiger partial charge < -0.3 is 5.73 Å². The molecule has 2 fully saturated rings. The number of hydrogen-bond donors (Lipinski definition) is 1. The van der Waals surface area contributed by atoms with E-state index in [2.05, 4.69) is 37.2 Å². The van der Waals surface area contributed by atoms with Crippen LogP contribution in [0.2, 0.25) is 0 Å². The molecule has 106 valence electrons. The van der Waals surface area contributed by atoms with Crippen molar-refractivity contribution in [3.63, 3.8) is 0 Å². The van der Waals surface area contributed by atoms with Gasteiger partial charge in [0.25, 0.3) is 0 Å². The maximum absolute atomic E-state index is 6.03. The van der Waals surface area contributed by atoms with Crippen molar-refractivity contribution in [3.05, 3.63) is 20.8 Å². The Hall–Kier alpha value is 0.0600. The van der Waals surface area contributed by atoms with E-state index in [0.717, 1.165) is 12.6 Å². The van der Waals surface area contributed by atoms with Gasteiger partial charge in [-0.25, -0.2) is 0 Å². The highest BCUT2D eigenvalue weighted by molar-refractivity contribution is 9.10. The minimum absolute atomic E-state index is 0.406. The summed E-state index contributed by atoms with van der Waals surface area (Å²) in [5.41, 5.74) is 6.03. The fourth-order valence-electron chi connectivity index (χ4n) is 3.40. The van der Waals surface area contributed by atoms with Crippen molar-refractivity contribution in [1.29, 1.82) is 0 Å². The van der Waals surface area contributed by atoms with E-state index in [1.807, 2.05) is 11.3 Å². The maximum Gasteiger partial charge on any atom is 0.0565 e. The van der Waals surface area contributed by atoms with E-state index in [4.69, 9.17) is 5.73 Å². The second-order valence-corrected chi connectivity index (χ2v) is 7.46. The second kappa shape index (κ2) is 6.22. The van der Waals surface area contributed by atoms with Gasteiger partial charge in [0, 0.05) is 40.4 Å². The van der Waals surface area contributed by atoms with Crippen LogP contribution in [0.3, 0.4) is 0 Å². The van der Waals surface area contributed by atoms with Crippen LogP contribution in [0.15, 0.2) is 15.9 Å². The summed E-state index contributed by atoms with van der Waals surface area (Å²) in [5, 5.41) is 2.16. The molecule has 0 radical (unpaired) electrons. The first-order valence-corrected chi connectivity index (χ1v) is 8.87. The average Bonchev–Trinajstić information content (AvgIpc) is 3.10. The molecule has 2 unspecified atom stereocenters. The third kappa shape index (κ3) is 3.05. The van der Waals surface area contributed by atoms with E-state index in [-0.39, 0.29) is 0 Å². The molecule has 2 N–H and O–H groups in total. The molecule has 1 aromatic heterocycles. The van der Waals surface area contributed by atoms with Crippen molar-refractivity contribution in [2.75, 3.05) is 32.7 Å². The largest absolute Gasteiger partial charge is 0.329 e. The lowest BCUT2D eigenvalue weighted by Gasteiger charge is -2.28. The third-order valence-corrected chi connectivity index (χ3v) is 6.23. The highest BCUT2D eigenvalue weighted by Crippen LogP contribution is 2.32. The lowest BCUT2D eigenvalue weighted by molar-refractivity contribution is 0.204. The monoisotopic (exact) mass is 343 g/mol. The van der Waals surface area contributed by atoms with Gasteiger partial charge in [-0.15, -0.1) is 11.3 Å². The Kier molecular flexibility index (Phi) is 4.59. The molecule has 2 atom stereocenters. The molecule has 19 heavy (non-hydrogen) atoms. The van der Waals surface area contributed by atoms with Crippen LogP contribution in [-0.2, 0) is 0 Å². The third-order valence-electron chi connectivity index (χ3n) is 4.43. The molecule has 0 bridgehead atoms. The quantitative estimate of drug-likeness (QED) is 0.912. The summed E-state index contributed by atoms with van der Waals surface area (Å²) in [6.45, 7) is 5.71. The first kappa shape index (κ1) is 14.0. The molecule has 3 rings (SSSR count). The number of likely N-dealkylation sites (tertiary alicyclic amines) is 2. The molecular weight excluding hydrogens is 322 g/mol. The Morgan fingerprint density at radius 1 is 1.37 bits per heavy atom. The smallest absolute Gasteiger partial charge is 0.0565 e. The summed E-state index contributed by atoms with van der Waals surface area (Å²) in [7, 11) is 0. The summed E-state index contributed by atoms with van der Waals surface area (Å²) in [6, 6.07) is 3.40. The minimum atomic E-state index is 0.406. The van der Waals surface area contributed by atoms with Gasteiger partial charge in [-0.1, -0.05) is 0 Å². The van der Waals surface area contributed by atoms with Crippen molar-refractivity contribution in [3.8, 4) is 0 Å². The Balaban J connectivity index is 1.65. The zero-order chi connectivity index (χ0) is 13.2. The standard InChI is InChI=1S/C14H22BrN3S/c15-11-7-14(19-10-11)13(8-16)18-6-3-12(9-18)17-4-1-2-5-17/h7,10,12-13H,1-6,8-9,16H2. The Bertz CT molecular complexity index is 417. The van der Waals surface area contributed by atoms with Crippen LogP contribution >= 0.6 is 27.3 Å². The van der Waals surface area contributed by atoms with Crippen molar-refractivity contribution in [2.45, 2.75) is 31.3 Å². The van der Waals surface area contributed by atoms with E-state index < -0.39 is 0 Å². The van der Waals surface area contributed by atoms with Crippen molar-refractivity contribution >= 4 is 27.3 Å². The number of nitrogens with zero attached hydrogens (tertiary/aromatic N) is 2. The van der Waals surface area contributed by atoms with Crippen molar-refractivity contribution in [2.24, 2.45) is 5.73 Å². The molecule has 2 saturated heterocycles. The molecule has 0 spiro atoms. The van der Waals surface area contributed by atoms with E-state index in [1.54, 1.807) is 0 Å². The maximum atomic E-state index is 6.03. The molecule has 2 aliphatic rings. The summed E-state index contributed by atoms with van der Waals surface area (Å²) < 4.78 is 1.18. The number of nitrogens with two attached hydrogens (primary N) is 1. The van der Waals surface area contributed by atoms with Gasteiger partial charge >= 0.3 is 0 Å². The highest BCUT2D eigenvalue weighted by Gasteiger charge is 2.33. The number of hydrogen-bond acceptors (Lipinski definition) is 4. The van der Waals surface area contributed by atoms with Crippen LogP contribution in [0.5, 0.6) is 0 Å². The number of halogens is 1. The van der Waals surface area contributed by atoms with Crippen LogP contribution < -0.4 is 5.73 Å². The molecule has 3 heterocycles. The van der Waals surface area contributed by atoms with Crippen LogP contribution in [0.1, 0.15) is 30.2 Å². The van der Waals surface area contributed by atoms with E-state index in [1.165, 1.54) is 54.8 Å². The molecule has 0 amide bonds. The molecule has 3 nitrogen and oxygen atoms in total. The van der Waals surface area contributed by atoms with Crippen LogP contribution in [-0.4, -0.2) is 48.6 Å². The van der Waals surface area contributed by atoms with Crippen LogP contribution in [0.4, 0.5) is 0 Å². The number of thiophene rings is 1. The molecule has 5 heteroatoms. The van der Waals surface area contributed by atoms with E-state index >= 15 is 0 Å². The molecule has 1 aromatic rings. The van der Waals surface area contributed by atoms with Crippen LogP contribution in [0, 0.1) is 0 Å². The summed E-state index contributed by atoms with van der Waals surface area (Å²) in [6.07, 6.45) is 4.08. The minimum Gasteiger partial charge on any atom is -0.329 e. The zero-order valence-electron chi connectivity index (χ0n) is 11.2. The van der Waals surface area contributed by atoms with Gasteiger partial charge in [0.2, 0.25) is 0 Å². The van der Waals surface area contributed by atoms with Gasteiger partial charge in [0.1, 0.15) is 0 Å². The first-order valence-electron chi connectivity index (χ1n) is 7.20. The predicted molar refractivity (Wildman–Crippen MR) is 84.6 cm³/mol. The van der Waals surface area contributed by atoms with E-state index in [9.17, 15) is 0 Å². The normalized spacial score (nSPS) is 27.2. The SMILES string of the molecule is NCC(c1cc(Br)cs1)N1CCC(N2CCCC2)C1. The van der Waals surface area contributed by atoms with E-state index in [0.29, 0.717) is 6.04 Å². The molecule has 2 aliphatic heterocycles. The lowest BCUT2D eigenvalue weighted by Crippen LogP contribution is -2.37. The molecule has 0 aromatic carbocycles. The van der Waals surface area contributed by atoms with Gasteiger partial charge in [-0.05, 0) is 54.3 Å². The molecule has 0 aliphatic carbocycles. The zero-order valence-corrected chi connectivity index (χ0v) is 13.6. The first-order chi connectivity index (χ1) is 9.28. The van der Waals surface area contributed by atoms with Gasteiger partial charge in [-0.3, -0.25) is 9.80 Å². The van der Waals surface area contributed by atoms with Crippen LogP contribution in [0.25, 0.3) is 0 Å². The Labute approximate surface area is 127 Å². The van der Waals surface area contributed by atoms with Crippen molar-refractivity contribution in [1.82, 2.24) is 9.80 Å². The van der Waals surface area contributed by atoms with Gasteiger partial charge in [-0.2, -0.15) is 0 Å². The lowest BCUT2D eigenvalue weighted by atomic mass is 10.2. The second-order valence-electron chi connectivity index (χ2n) is 5.60. The van der Waals surface area contributed by atoms with Gasteiger partial charge in [0.15, 0.2) is 0 Å². The highest BCUT2D eigenvalue weighted by atomic mass is 79.9. The van der Waals surface area contributed by atoms with Gasteiger partial charge in [0.05, 0.1) is 6.04 Å². The molecule has 0 saturated carbocycles. The summed E-state index contributed by atoms with van der Waals surface area (Å²) >= 11 is 5.37. The summed E-state index contributed by atoms with van der Waals surface area (Å²) in [5.74, 6) is 0. The Morgan fingerprint density at radius 3 is 2.79 bits per heavy atom. The average molecular weight is 344 g/mol. The molecular formula is C14H22BrN3S. The fourth-order valence-corrected chi connectivity index (χ4v) is 5.00. The Morgan fingerprint density at radius 2 is 2.16 bits per heavy atom. The number of rotatable bonds is 4.